The van der Waals surface area contributed by atoms with Gasteiger partial charge in [-0.15, -0.1) is 0 Å². The van der Waals surface area contributed by atoms with E-state index in [-0.39, 0.29) is 11.6 Å². The van der Waals surface area contributed by atoms with Crippen LogP contribution in [-0.4, -0.2) is 5.11 Å². The minimum absolute atomic E-state index is 0.0784. The van der Waals surface area contributed by atoms with Crippen molar-refractivity contribution in [3.05, 3.63) is 52.3 Å². The van der Waals surface area contributed by atoms with Gasteiger partial charge in [0, 0.05) is 0 Å². The zero-order valence-corrected chi connectivity index (χ0v) is 11.3. The fourth-order valence-corrected chi connectivity index (χ4v) is 3.26. The molecule has 0 aliphatic heterocycles. The number of aromatic hydroxyl groups is 1. The van der Waals surface area contributed by atoms with Gasteiger partial charge in [0.2, 0.25) is 0 Å². The lowest BCUT2D eigenvalue weighted by Gasteiger charge is -2.15. The summed E-state index contributed by atoms with van der Waals surface area (Å²) in [4.78, 5) is 0. The molecule has 2 aromatic rings. The molecule has 0 saturated carbocycles. The molecule has 0 aromatic heterocycles. The van der Waals surface area contributed by atoms with E-state index in [4.69, 9.17) is 0 Å². The Morgan fingerprint density at radius 1 is 1.00 bits per heavy atom. The van der Waals surface area contributed by atoms with Gasteiger partial charge in [0.1, 0.15) is 11.6 Å². The average Bonchev–Trinajstić information content (AvgIpc) is 2.80. The number of phenols is 1. The molecule has 1 N–H and O–H groups in total. The monoisotopic (exact) mass is 256 g/mol. The molecule has 0 heterocycles. The first-order chi connectivity index (χ1) is 9.08. The first-order valence-corrected chi connectivity index (χ1v) is 6.69. The first-order valence-electron chi connectivity index (χ1n) is 6.69. The van der Waals surface area contributed by atoms with Gasteiger partial charge in [0.15, 0.2) is 0 Å². The fourth-order valence-electron chi connectivity index (χ4n) is 3.26. The van der Waals surface area contributed by atoms with Gasteiger partial charge in [-0.1, -0.05) is 6.07 Å². The van der Waals surface area contributed by atoms with Gasteiger partial charge in [-0.2, -0.15) is 0 Å². The van der Waals surface area contributed by atoms with Crippen LogP contribution in [0, 0.1) is 19.7 Å². The molecule has 1 aliphatic rings. The Hall–Kier alpha value is -1.83. The van der Waals surface area contributed by atoms with Crippen molar-refractivity contribution >= 4 is 0 Å². The minimum Gasteiger partial charge on any atom is -0.508 e. The van der Waals surface area contributed by atoms with Crippen molar-refractivity contribution in [2.75, 3.05) is 0 Å². The summed E-state index contributed by atoms with van der Waals surface area (Å²) in [5, 5.41) is 9.64. The van der Waals surface area contributed by atoms with Crippen molar-refractivity contribution in [3.8, 4) is 16.9 Å². The summed E-state index contributed by atoms with van der Waals surface area (Å²) in [5.74, 6) is 0.211. The van der Waals surface area contributed by atoms with E-state index in [0.29, 0.717) is 0 Å². The Morgan fingerprint density at radius 3 is 2.32 bits per heavy atom. The molecule has 0 saturated heterocycles. The molecule has 0 amide bonds. The molecule has 0 atom stereocenters. The summed E-state index contributed by atoms with van der Waals surface area (Å²) in [7, 11) is 0. The maximum absolute atomic E-state index is 13.8. The Bertz CT molecular complexity index is 636. The van der Waals surface area contributed by atoms with Crippen LogP contribution in [0.5, 0.6) is 5.75 Å². The lowest BCUT2D eigenvalue weighted by molar-refractivity contribution is 0.474. The van der Waals surface area contributed by atoms with Crippen LogP contribution >= 0.6 is 0 Å². The molecule has 0 spiro atoms. The molecule has 0 unspecified atom stereocenters. The molecule has 2 aromatic carbocycles. The van der Waals surface area contributed by atoms with E-state index in [1.165, 1.54) is 0 Å². The van der Waals surface area contributed by atoms with Crippen molar-refractivity contribution in [3.63, 3.8) is 0 Å². The van der Waals surface area contributed by atoms with E-state index in [2.05, 4.69) is 0 Å². The highest BCUT2D eigenvalue weighted by atomic mass is 19.1. The molecule has 0 bridgehead atoms. The van der Waals surface area contributed by atoms with Crippen LogP contribution in [0.1, 0.15) is 28.7 Å². The van der Waals surface area contributed by atoms with E-state index >= 15 is 0 Å². The zero-order chi connectivity index (χ0) is 13.6. The van der Waals surface area contributed by atoms with E-state index in [0.717, 1.165) is 52.6 Å². The molecule has 0 fully saturated rings. The first kappa shape index (κ1) is 12.2. The van der Waals surface area contributed by atoms with E-state index < -0.39 is 0 Å². The largest absolute Gasteiger partial charge is 0.508 e. The number of hydrogen-bond donors (Lipinski definition) is 1. The number of halogens is 1. The second kappa shape index (κ2) is 4.37. The van der Waals surface area contributed by atoms with Crippen LogP contribution in [0.3, 0.4) is 0 Å². The van der Waals surface area contributed by atoms with Crippen molar-refractivity contribution in [1.82, 2.24) is 0 Å². The van der Waals surface area contributed by atoms with Crippen molar-refractivity contribution in [1.29, 1.82) is 0 Å². The Morgan fingerprint density at radius 2 is 1.63 bits per heavy atom. The normalized spacial score (nSPS) is 13.6. The maximum atomic E-state index is 13.8. The highest BCUT2D eigenvalue weighted by Crippen LogP contribution is 2.38. The van der Waals surface area contributed by atoms with Crippen molar-refractivity contribution in [2.45, 2.75) is 33.1 Å². The fraction of sp³-hybridized carbons (Fsp3) is 0.294. The second-order valence-electron chi connectivity index (χ2n) is 5.36. The van der Waals surface area contributed by atoms with Crippen LogP contribution < -0.4 is 0 Å². The Kier molecular flexibility index (Phi) is 2.81. The number of rotatable bonds is 1. The van der Waals surface area contributed by atoms with Crippen LogP contribution in [0.4, 0.5) is 4.39 Å². The quantitative estimate of drug-likeness (QED) is 0.806. The van der Waals surface area contributed by atoms with Crippen LogP contribution in [-0.2, 0) is 12.8 Å². The molecule has 1 aliphatic carbocycles. The molecular weight excluding hydrogens is 239 g/mol. The molecule has 98 valence electrons. The van der Waals surface area contributed by atoms with Gasteiger partial charge in [0.05, 0.1) is 0 Å². The maximum Gasteiger partial charge on any atom is 0.126 e. The average molecular weight is 256 g/mol. The predicted octanol–water partition coefficient (Wildman–Crippen LogP) is 4.30. The highest BCUT2D eigenvalue weighted by molar-refractivity contribution is 5.76. The SMILES string of the molecule is Cc1cc(O)cc(C)c1-c1ccc(F)c2c1CCC2. The Labute approximate surface area is 112 Å². The third-order valence-electron chi connectivity index (χ3n) is 4.01. The lowest BCUT2D eigenvalue weighted by Crippen LogP contribution is -1.96. The summed E-state index contributed by atoms with van der Waals surface area (Å²) in [6, 6.07) is 7.00. The molecule has 3 rings (SSSR count). The molecule has 2 heteroatoms. The van der Waals surface area contributed by atoms with E-state index in [1.807, 2.05) is 19.9 Å². The third kappa shape index (κ3) is 1.92. The topological polar surface area (TPSA) is 20.2 Å². The number of benzene rings is 2. The van der Waals surface area contributed by atoms with Crippen LogP contribution in [0.15, 0.2) is 24.3 Å². The van der Waals surface area contributed by atoms with Gasteiger partial charge < -0.3 is 5.11 Å². The number of aryl methyl sites for hydroxylation is 2. The molecule has 0 radical (unpaired) electrons. The summed E-state index contributed by atoms with van der Waals surface area (Å²) < 4.78 is 13.8. The van der Waals surface area contributed by atoms with E-state index in [1.54, 1.807) is 18.2 Å². The van der Waals surface area contributed by atoms with Crippen LogP contribution in [0.2, 0.25) is 0 Å². The van der Waals surface area contributed by atoms with Gasteiger partial charge in [-0.05, 0) is 84.7 Å². The lowest BCUT2D eigenvalue weighted by atomic mass is 9.90. The van der Waals surface area contributed by atoms with Gasteiger partial charge in [0.25, 0.3) is 0 Å². The molecule has 19 heavy (non-hydrogen) atoms. The van der Waals surface area contributed by atoms with Gasteiger partial charge in [-0.3, -0.25) is 0 Å². The summed E-state index contributed by atoms with van der Waals surface area (Å²) in [6.07, 6.45) is 2.81. The second-order valence-corrected chi connectivity index (χ2v) is 5.36. The Balaban J connectivity index is 2.27. The third-order valence-corrected chi connectivity index (χ3v) is 4.01. The minimum atomic E-state index is -0.0784. The molecular formula is C17H17FO. The standard InChI is InChI=1S/C17H17FO/c1-10-8-12(19)9-11(2)17(10)15-6-7-16(18)14-5-3-4-13(14)15/h6-9,19H,3-5H2,1-2H3. The summed E-state index contributed by atoms with van der Waals surface area (Å²) in [5.41, 5.74) is 6.37. The smallest absolute Gasteiger partial charge is 0.126 e. The van der Waals surface area contributed by atoms with E-state index in [9.17, 15) is 9.50 Å². The predicted molar refractivity (Wildman–Crippen MR) is 75.0 cm³/mol. The van der Waals surface area contributed by atoms with Crippen LogP contribution in [0.25, 0.3) is 11.1 Å². The molecule has 1 nitrogen and oxygen atoms in total. The summed E-state index contributed by atoms with van der Waals surface area (Å²) in [6.45, 7) is 3.99. The van der Waals surface area contributed by atoms with Crippen molar-refractivity contribution in [2.24, 2.45) is 0 Å². The number of hydrogen-bond acceptors (Lipinski definition) is 1. The number of phenolic OH excluding ortho intramolecular Hbond substituents is 1. The number of fused-ring (bicyclic) bond motifs is 1. The van der Waals surface area contributed by atoms with Crippen molar-refractivity contribution < 1.29 is 9.50 Å². The van der Waals surface area contributed by atoms with Gasteiger partial charge in [-0.25, -0.2) is 4.39 Å². The van der Waals surface area contributed by atoms with Gasteiger partial charge >= 0.3 is 0 Å². The summed E-state index contributed by atoms with van der Waals surface area (Å²) >= 11 is 0. The zero-order valence-electron chi connectivity index (χ0n) is 11.3. The highest BCUT2D eigenvalue weighted by Gasteiger charge is 2.21.